The second kappa shape index (κ2) is 19.3. The van der Waals surface area contributed by atoms with Crippen molar-refractivity contribution in [3.05, 3.63) is 40.6 Å². The van der Waals surface area contributed by atoms with Crippen LogP contribution in [0, 0.1) is 11.3 Å². The lowest BCUT2D eigenvalue weighted by atomic mass is 9.97. The van der Waals surface area contributed by atoms with E-state index in [4.69, 9.17) is 15.2 Å². The van der Waals surface area contributed by atoms with E-state index in [0.29, 0.717) is 42.1 Å². The Morgan fingerprint density at radius 3 is 2.34 bits per heavy atom. The summed E-state index contributed by atoms with van der Waals surface area (Å²) in [6, 6.07) is 6.95. The predicted octanol–water partition coefficient (Wildman–Crippen LogP) is 5.51. The number of unbranched alkanes of at least 4 members (excludes halogenated alkanes) is 2. The number of nitrogens with one attached hydrogen (secondary N) is 2. The first kappa shape index (κ1) is 38.8. The molecule has 12 nitrogen and oxygen atoms in total. The highest BCUT2D eigenvalue weighted by atomic mass is 16.6. The highest BCUT2D eigenvalue weighted by Gasteiger charge is 2.24. The second-order valence-corrected chi connectivity index (χ2v) is 12.8. The van der Waals surface area contributed by atoms with Crippen LogP contribution in [0.3, 0.4) is 0 Å². The van der Waals surface area contributed by atoms with Crippen LogP contribution in [0.2, 0.25) is 0 Å². The molecular formula is C35H52N6O6. The van der Waals surface area contributed by atoms with Crippen molar-refractivity contribution in [3.8, 4) is 11.8 Å². The first-order valence-electron chi connectivity index (χ1n) is 16.5. The molecule has 5 N–H and O–H groups in total. The number of aliphatic carboxylic acids is 1. The molecule has 0 bridgehead atoms. The zero-order valence-electron chi connectivity index (χ0n) is 28.8. The average Bonchev–Trinajstić information content (AvgIpc) is 2.98. The van der Waals surface area contributed by atoms with Crippen molar-refractivity contribution in [2.75, 3.05) is 18.2 Å². The number of nitrogens with zero attached hydrogens (tertiary/aromatic N) is 3. The predicted molar refractivity (Wildman–Crippen MR) is 181 cm³/mol. The Morgan fingerprint density at radius 1 is 1.06 bits per heavy atom. The molecule has 0 saturated carbocycles. The number of carbonyl (C=O) groups is 3. The maximum Gasteiger partial charge on any atom is 0.308 e. The highest BCUT2D eigenvalue weighted by molar-refractivity contribution is 5.78. The van der Waals surface area contributed by atoms with Crippen molar-refractivity contribution in [2.24, 2.45) is 0 Å². The minimum absolute atomic E-state index is 0.00932. The molecule has 0 radical (unpaired) electrons. The van der Waals surface area contributed by atoms with Gasteiger partial charge in [-0.2, -0.15) is 10.2 Å². The Bertz CT molecular complexity index is 1380. The average molecular weight is 653 g/mol. The summed E-state index contributed by atoms with van der Waals surface area (Å²) < 4.78 is 11.3. The standard InChI is InChI=1S/C35H52N6O6/c1-7-9-11-25(21-31(43)44)38-30(42)16-14-28-27(20-24-19-23(17-18-36)13-15-29(24)46-6)33(41-34(37)40-28)39-26(12-10-8-2)22-32(45)47-35(3,4)5/h13,15,19,25-26H,7-12,14,16-17,20-22H2,1-6H3,(H,38,42)(H,43,44)(H3,37,39,40,41). The van der Waals surface area contributed by atoms with Crippen molar-refractivity contribution >= 4 is 29.6 Å². The molecule has 1 aromatic heterocycles. The summed E-state index contributed by atoms with van der Waals surface area (Å²) in [6.45, 7) is 9.56. The smallest absolute Gasteiger partial charge is 0.308 e. The van der Waals surface area contributed by atoms with E-state index in [1.807, 2.05) is 45.9 Å². The number of hydrogen-bond donors (Lipinski definition) is 4. The number of esters is 1. The van der Waals surface area contributed by atoms with Crippen LogP contribution in [0.1, 0.15) is 115 Å². The Hall–Kier alpha value is -4.40. The molecule has 258 valence electrons. The fourth-order valence-corrected chi connectivity index (χ4v) is 5.29. The molecule has 0 saturated heterocycles. The molecule has 47 heavy (non-hydrogen) atoms. The van der Waals surface area contributed by atoms with E-state index < -0.39 is 17.6 Å². The lowest BCUT2D eigenvalue weighted by Gasteiger charge is -2.25. The number of ether oxygens (including phenoxy) is 2. The van der Waals surface area contributed by atoms with E-state index >= 15 is 0 Å². The number of amides is 1. The zero-order valence-corrected chi connectivity index (χ0v) is 28.8. The molecule has 0 aliphatic heterocycles. The topological polar surface area (TPSA) is 190 Å². The molecule has 1 heterocycles. The van der Waals surface area contributed by atoms with Gasteiger partial charge in [0, 0.05) is 30.5 Å². The van der Waals surface area contributed by atoms with E-state index in [9.17, 15) is 24.8 Å². The van der Waals surface area contributed by atoms with E-state index in [1.54, 1.807) is 7.11 Å². The van der Waals surface area contributed by atoms with Crippen LogP contribution in [0.25, 0.3) is 0 Å². The third kappa shape index (κ3) is 14.3. The normalized spacial score (nSPS) is 12.4. The van der Waals surface area contributed by atoms with Crippen LogP contribution >= 0.6 is 0 Å². The molecule has 2 atom stereocenters. The summed E-state index contributed by atoms with van der Waals surface area (Å²) >= 11 is 0. The fraction of sp³-hybridized carbons (Fsp3) is 0.600. The number of nitrogen functional groups attached to an aromatic ring is 1. The van der Waals surface area contributed by atoms with Crippen LogP contribution in [0.15, 0.2) is 18.2 Å². The van der Waals surface area contributed by atoms with Crippen LogP contribution in [-0.2, 0) is 38.4 Å². The van der Waals surface area contributed by atoms with Crippen molar-refractivity contribution < 1.29 is 29.0 Å². The van der Waals surface area contributed by atoms with Gasteiger partial charge in [-0.05, 0) is 57.2 Å². The van der Waals surface area contributed by atoms with Crippen LogP contribution < -0.4 is 21.1 Å². The molecule has 0 spiro atoms. The largest absolute Gasteiger partial charge is 0.496 e. The fourth-order valence-electron chi connectivity index (χ4n) is 5.29. The van der Waals surface area contributed by atoms with Crippen molar-refractivity contribution in [1.82, 2.24) is 15.3 Å². The van der Waals surface area contributed by atoms with Gasteiger partial charge in [0.05, 0.1) is 38.1 Å². The number of anilines is 2. The van der Waals surface area contributed by atoms with Gasteiger partial charge in [-0.25, -0.2) is 4.98 Å². The summed E-state index contributed by atoms with van der Waals surface area (Å²) in [5.41, 5.74) is 8.42. The number of benzene rings is 1. The Morgan fingerprint density at radius 2 is 1.74 bits per heavy atom. The van der Waals surface area contributed by atoms with Gasteiger partial charge in [-0.1, -0.05) is 51.7 Å². The number of nitrogens with two attached hydrogens (primary N) is 1. The number of carboxylic acid groups (broad SMARTS) is 1. The van der Waals surface area contributed by atoms with Crippen molar-refractivity contribution in [3.63, 3.8) is 0 Å². The number of methoxy groups -OCH3 is 1. The number of nitriles is 1. The lowest BCUT2D eigenvalue weighted by molar-refractivity contribution is -0.155. The minimum atomic E-state index is -0.968. The Balaban J connectivity index is 2.52. The van der Waals surface area contributed by atoms with Gasteiger partial charge >= 0.3 is 11.9 Å². The first-order chi connectivity index (χ1) is 22.3. The van der Waals surface area contributed by atoms with Crippen LogP contribution in [-0.4, -0.2) is 57.7 Å². The monoisotopic (exact) mass is 652 g/mol. The molecule has 1 aromatic carbocycles. The number of aromatic nitrogens is 2. The van der Waals surface area contributed by atoms with Gasteiger partial charge in [0.1, 0.15) is 17.2 Å². The zero-order chi connectivity index (χ0) is 35.0. The van der Waals surface area contributed by atoms with Crippen molar-refractivity contribution in [2.45, 2.75) is 129 Å². The lowest BCUT2D eigenvalue weighted by Crippen LogP contribution is -2.36. The van der Waals surface area contributed by atoms with Gasteiger partial charge in [-0.3, -0.25) is 14.4 Å². The van der Waals surface area contributed by atoms with Gasteiger partial charge in [0.15, 0.2) is 0 Å². The second-order valence-electron chi connectivity index (χ2n) is 12.8. The van der Waals surface area contributed by atoms with Crippen LogP contribution in [0.4, 0.5) is 11.8 Å². The Kier molecular flexibility index (Phi) is 15.9. The van der Waals surface area contributed by atoms with E-state index in [2.05, 4.69) is 33.6 Å². The molecule has 12 heteroatoms. The maximum atomic E-state index is 13.1. The van der Waals surface area contributed by atoms with Crippen molar-refractivity contribution in [1.29, 1.82) is 5.26 Å². The minimum Gasteiger partial charge on any atom is -0.496 e. The molecule has 2 unspecified atom stereocenters. The van der Waals surface area contributed by atoms with Gasteiger partial charge < -0.3 is 30.9 Å². The summed E-state index contributed by atoms with van der Waals surface area (Å²) in [4.78, 5) is 46.4. The van der Waals surface area contributed by atoms with Gasteiger partial charge in [0.2, 0.25) is 11.9 Å². The quantitative estimate of drug-likeness (QED) is 0.132. The van der Waals surface area contributed by atoms with Gasteiger partial charge in [0.25, 0.3) is 0 Å². The first-order valence-corrected chi connectivity index (χ1v) is 16.5. The third-order valence-electron chi connectivity index (χ3n) is 7.47. The van der Waals surface area contributed by atoms with Gasteiger partial charge in [-0.15, -0.1) is 0 Å². The molecule has 0 aliphatic carbocycles. The van der Waals surface area contributed by atoms with E-state index in [0.717, 1.165) is 36.8 Å². The Labute approximate surface area is 278 Å². The molecule has 2 aromatic rings. The highest BCUT2D eigenvalue weighted by Crippen LogP contribution is 2.30. The summed E-state index contributed by atoms with van der Waals surface area (Å²) in [5, 5.41) is 25.0. The summed E-state index contributed by atoms with van der Waals surface area (Å²) in [7, 11) is 1.57. The summed E-state index contributed by atoms with van der Waals surface area (Å²) in [6.07, 6.45) is 5.47. The maximum absolute atomic E-state index is 13.1. The number of hydrogen-bond acceptors (Lipinski definition) is 10. The molecule has 0 aliphatic rings. The number of carboxylic acids is 1. The molecule has 0 fully saturated rings. The van der Waals surface area contributed by atoms with E-state index in [1.165, 1.54) is 0 Å². The number of aryl methyl sites for hydroxylation is 1. The number of rotatable bonds is 20. The van der Waals surface area contributed by atoms with Crippen LogP contribution in [0.5, 0.6) is 5.75 Å². The third-order valence-corrected chi connectivity index (χ3v) is 7.47. The molecule has 2 rings (SSSR count). The molecular weight excluding hydrogens is 600 g/mol. The number of carbonyl (C=O) groups excluding carboxylic acids is 2. The molecule has 1 amide bonds. The van der Waals surface area contributed by atoms with E-state index in [-0.39, 0.29) is 56.0 Å². The summed E-state index contributed by atoms with van der Waals surface area (Å²) in [5.74, 6) is -0.528. The SMILES string of the molecule is CCCCC(CC(=O)O)NC(=O)CCc1nc(N)nc(NC(CCCC)CC(=O)OC(C)(C)C)c1Cc1cc(CC#N)ccc1OC.